The van der Waals surface area contributed by atoms with Crippen LogP contribution in [0.1, 0.15) is 30.9 Å². The zero-order chi connectivity index (χ0) is 24.0. The molecule has 0 bridgehead atoms. The van der Waals surface area contributed by atoms with E-state index in [1.807, 2.05) is 36.4 Å². The van der Waals surface area contributed by atoms with Crippen LogP contribution in [0, 0.1) is 10.1 Å². The standard InChI is InChI=1S/C25H24N2O6/c1-16-21(24(28)32-3)23(19-13-7-8-14-20(19)27(30)31)22(17(2)26-16)25(29)33-15-9-12-18-10-5-4-6-11-18/h4-14,23,26H,15H2,1-3H3. The van der Waals surface area contributed by atoms with E-state index >= 15 is 0 Å². The van der Waals surface area contributed by atoms with Crippen LogP contribution in [0.4, 0.5) is 5.69 Å². The quantitative estimate of drug-likeness (QED) is 0.383. The van der Waals surface area contributed by atoms with E-state index in [0.29, 0.717) is 11.4 Å². The Bertz CT molecular complexity index is 1160. The minimum atomic E-state index is -1.02. The first-order valence-corrected chi connectivity index (χ1v) is 10.2. The molecule has 2 aromatic carbocycles. The number of nitrogens with zero attached hydrogens (tertiary/aromatic N) is 1. The molecule has 1 aliphatic heterocycles. The van der Waals surface area contributed by atoms with Gasteiger partial charge in [0.05, 0.1) is 29.1 Å². The number of methoxy groups -OCH3 is 1. The number of benzene rings is 2. The Labute approximate surface area is 191 Å². The molecule has 1 aliphatic rings. The van der Waals surface area contributed by atoms with Crippen molar-refractivity contribution in [3.8, 4) is 0 Å². The number of carbonyl (C=O) groups excluding carboxylic acids is 2. The topological polar surface area (TPSA) is 108 Å². The van der Waals surface area contributed by atoms with Gasteiger partial charge in [-0.1, -0.05) is 54.6 Å². The van der Waals surface area contributed by atoms with Crippen molar-refractivity contribution in [2.75, 3.05) is 13.7 Å². The number of nitrogens with one attached hydrogen (secondary N) is 1. The average molecular weight is 448 g/mol. The fourth-order valence-corrected chi connectivity index (χ4v) is 3.80. The SMILES string of the molecule is COC(=O)C1=C(C)NC(C)=C(C(=O)OCC=Cc2ccccc2)C1c1ccccc1[N+](=O)[O-]. The summed E-state index contributed by atoms with van der Waals surface area (Å²) in [5, 5.41) is 14.7. The molecule has 0 aromatic heterocycles. The predicted molar refractivity (Wildman–Crippen MR) is 123 cm³/mol. The van der Waals surface area contributed by atoms with Crippen LogP contribution in [0.25, 0.3) is 6.08 Å². The molecule has 1 atom stereocenters. The molecule has 2 aromatic rings. The normalized spacial score (nSPS) is 15.9. The molecule has 0 saturated carbocycles. The van der Waals surface area contributed by atoms with Gasteiger partial charge in [-0.15, -0.1) is 0 Å². The van der Waals surface area contributed by atoms with Crippen molar-refractivity contribution in [1.29, 1.82) is 0 Å². The fraction of sp³-hybridized carbons (Fsp3) is 0.200. The number of nitro groups is 1. The van der Waals surface area contributed by atoms with Crippen LogP contribution in [-0.2, 0) is 19.1 Å². The van der Waals surface area contributed by atoms with Gasteiger partial charge in [-0.05, 0) is 25.5 Å². The lowest BCUT2D eigenvalue weighted by atomic mass is 9.79. The Morgan fingerprint density at radius 3 is 2.24 bits per heavy atom. The van der Waals surface area contributed by atoms with E-state index in [-0.39, 0.29) is 29.0 Å². The summed E-state index contributed by atoms with van der Waals surface area (Å²) in [4.78, 5) is 37.0. The molecule has 1 heterocycles. The summed E-state index contributed by atoms with van der Waals surface area (Å²) < 4.78 is 10.4. The zero-order valence-electron chi connectivity index (χ0n) is 18.5. The average Bonchev–Trinajstić information content (AvgIpc) is 2.81. The maximum absolute atomic E-state index is 13.1. The molecule has 33 heavy (non-hydrogen) atoms. The lowest BCUT2D eigenvalue weighted by molar-refractivity contribution is -0.385. The summed E-state index contributed by atoms with van der Waals surface area (Å²) >= 11 is 0. The Balaban J connectivity index is 1.98. The summed E-state index contributed by atoms with van der Waals surface area (Å²) in [6.45, 7) is 3.31. The molecule has 170 valence electrons. The first kappa shape index (κ1) is 23.5. The molecular weight excluding hydrogens is 424 g/mol. The van der Waals surface area contributed by atoms with Crippen LogP contribution in [0.2, 0.25) is 0 Å². The summed E-state index contributed by atoms with van der Waals surface area (Å²) in [7, 11) is 1.22. The van der Waals surface area contributed by atoms with Gasteiger partial charge in [0.25, 0.3) is 5.69 Å². The summed E-state index contributed by atoms with van der Waals surface area (Å²) in [6.07, 6.45) is 3.51. The largest absolute Gasteiger partial charge is 0.466 e. The van der Waals surface area contributed by atoms with Crippen LogP contribution in [0.5, 0.6) is 0 Å². The highest BCUT2D eigenvalue weighted by molar-refractivity contribution is 6.00. The van der Waals surface area contributed by atoms with Crippen molar-refractivity contribution in [2.45, 2.75) is 19.8 Å². The van der Waals surface area contributed by atoms with Crippen molar-refractivity contribution in [3.05, 3.63) is 104 Å². The number of rotatable bonds is 7. The van der Waals surface area contributed by atoms with Crippen LogP contribution >= 0.6 is 0 Å². The monoisotopic (exact) mass is 448 g/mol. The zero-order valence-corrected chi connectivity index (χ0v) is 18.5. The molecule has 1 N–H and O–H groups in total. The maximum atomic E-state index is 13.1. The van der Waals surface area contributed by atoms with E-state index in [1.54, 1.807) is 26.0 Å². The van der Waals surface area contributed by atoms with Crippen molar-refractivity contribution in [3.63, 3.8) is 0 Å². The van der Waals surface area contributed by atoms with Crippen LogP contribution < -0.4 is 5.32 Å². The van der Waals surface area contributed by atoms with Gasteiger partial charge in [0.1, 0.15) is 6.61 Å². The number of hydrogen-bond donors (Lipinski definition) is 1. The third kappa shape index (κ3) is 5.17. The molecule has 0 fully saturated rings. The second-order valence-electron chi connectivity index (χ2n) is 7.35. The molecule has 0 spiro atoms. The Hall–Kier alpha value is -4.20. The van der Waals surface area contributed by atoms with Crippen molar-refractivity contribution < 1.29 is 24.0 Å². The molecule has 0 aliphatic carbocycles. The van der Waals surface area contributed by atoms with E-state index in [0.717, 1.165) is 5.56 Å². The van der Waals surface area contributed by atoms with Gasteiger partial charge >= 0.3 is 11.9 Å². The molecule has 0 amide bonds. The van der Waals surface area contributed by atoms with Crippen LogP contribution in [0.15, 0.2) is 83.2 Å². The van der Waals surface area contributed by atoms with Gasteiger partial charge in [0.2, 0.25) is 0 Å². The van der Waals surface area contributed by atoms with Crippen molar-refractivity contribution >= 4 is 23.7 Å². The highest BCUT2D eigenvalue weighted by Gasteiger charge is 2.40. The van der Waals surface area contributed by atoms with E-state index in [2.05, 4.69) is 5.32 Å². The van der Waals surface area contributed by atoms with E-state index in [4.69, 9.17) is 9.47 Å². The number of para-hydroxylation sites is 1. The molecule has 0 radical (unpaired) electrons. The maximum Gasteiger partial charge on any atom is 0.337 e. The smallest absolute Gasteiger partial charge is 0.337 e. The number of nitro benzene ring substituents is 1. The molecule has 3 rings (SSSR count). The lowest BCUT2D eigenvalue weighted by Gasteiger charge is -2.30. The van der Waals surface area contributed by atoms with E-state index in [1.165, 1.54) is 25.3 Å². The summed E-state index contributed by atoms with van der Waals surface area (Å²) in [6, 6.07) is 15.5. The first-order valence-electron chi connectivity index (χ1n) is 10.2. The van der Waals surface area contributed by atoms with Gasteiger partial charge in [-0.2, -0.15) is 0 Å². The minimum absolute atomic E-state index is 0.00956. The van der Waals surface area contributed by atoms with Crippen LogP contribution in [-0.4, -0.2) is 30.6 Å². The molecule has 0 saturated heterocycles. The van der Waals surface area contributed by atoms with Gasteiger partial charge in [0.15, 0.2) is 0 Å². The van der Waals surface area contributed by atoms with E-state index in [9.17, 15) is 19.7 Å². The Morgan fingerprint density at radius 1 is 1.00 bits per heavy atom. The van der Waals surface area contributed by atoms with Gasteiger partial charge in [-0.3, -0.25) is 10.1 Å². The highest BCUT2D eigenvalue weighted by Crippen LogP contribution is 2.42. The second kappa shape index (κ2) is 10.4. The second-order valence-corrected chi connectivity index (χ2v) is 7.35. The number of hydrogen-bond acceptors (Lipinski definition) is 7. The van der Waals surface area contributed by atoms with Gasteiger partial charge in [-0.25, -0.2) is 9.59 Å². The van der Waals surface area contributed by atoms with Gasteiger partial charge < -0.3 is 14.8 Å². The number of allylic oxidation sites excluding steroid dienone is 2. The Kier molecular flexibility index (Phi) is 7.40. The summed E-state index contributed by atoms with van der Waals surface area (Å²) in [5.74, 6) is -2.40. The highest BCUT2D eigenvalue weighted by atomic mass is 16.6. The third-order valence-corrected chi connectivity index (χ3v) is 5.25. The Morgan fingerprint density at radius 2 is 1.61 bits per heavy atom. The van der Waals surface area contributed by atoms with E-state index < -0.39 is 22.8 Å². The lowest BCUT2D eigenvalue weighted by Crippen LogP contribution is -2.32. The number of esters is 2. The molecular formula is C25H24N2O6. The van der Waals surface area contributed by atoms with Crippen LogP contribution in [0.3, 0.4) is 0 Å². The first-order chi connectivity index (χ1) is 15.8. The molecule has 1 unspecified atom stereocenters. The number of dihydropyridines is 1. The fourth-order valence-electron chi connectivity index (χ4n) is 3.80. The van der Waals surface area contributed by atoms with Gasteiger partial charge in [0, 0.05) is 23.0 Å². The summed E-state index contributed by atoms with van der Waals surface area (Å²) in [5.41, 5.74) is 2.07. The minimum Gasteiger partial charge on any atom is -0.466 e. The molecule has 8 nitrogen and oxygen atoms in total. The predicted octanol–water partition coefficient (Wildman–Crippen LogP) is 4.26. The third-order valence-electron chi connectivity index (χ3n) is 5.25. The van der Waals surface area contributed by atoms with Crippen molar-refractivity contribution in [1.82, 2.24) is 5.32 Å². The number of carbonyl (C=O) groups is 2. The number of ether oxygens (including phenoxy) is 2. The molecule has 8 heteroatoms. The van der Waals surface area contributed by atoms with Crippen molar-refractivity contribution in [2.24, 2.45) is 0 Å².